The van der Waals surface area contributed by atoms with Gasteiger partial charge in [0.2, 0.25) is 15.9 Å². The van der Waals surface area contributed by atoms with Crippen LogP contribution in [0.2, 0.25) is 0 Å². The van der Waals surface area contributed by atoms with Gasteiger partial charge in [0.15, 0.2) is 0 Å². The maximum Gasteiger partial charge on any atom is 0.244 e. The predicted octanol–water partition coefficient (Wildman–Crippen LogP) is 2.04. The molecule has 33 heavy (non-hydrogen) atoms. The summed E-state index contributed by atoms with van der Waals surface area (Å²) < 4.78 is 34.8. The summed E-state index contributed by atoms with van der Waals surface area (Å²) in [5.41, 5.74) is 0.753. The van der Waals surface area contributed by atoms with E-state index in [1.165, 1.54) is 0 Å². The van der Waals surface area contributed by atoms with Crippen molar-refractivity contribution in [3.8, 4) is 5.75 Å². The summed E-state index contributed by atoms with van der Waals surface area (Å²) in [6, 6.07) is 5.22. The molecule has 1 amide bonds. The number of fused-ring (bicyclic) bond motifs is 1. The average molecular weight is 482 g/mol. The van der Waals surface area contributed by atoms with Gasteiger partial charge in [0, 0.05) is 44.1 Å². The van der Waals surface area contributed by atoms with Crippen LogP contribution in [0.15, 0.2) is 23.1 Å². The quantitative estimate of drug-likeness (QED) is 0.671. The summed E-state index contributed by atoms with van der Waals surface area (Å²) in [6.07, 6.45) is 0.690. The first-order valence-electron chi connectivity index (χ1n) is 11.8. The number of ether oxygens (including phenoxy) is 1. The van der Waals surface area contributed by atoms with Gasteiger partial charge in [-0.15, -0.1) is 0 Å². The number of hydrogen-bond acceptors (Lipinski definition) is 6. The van der Waals surface area contributed by atoms with Crippen LogP contribution in [0.25, 0.3) is 0 Å². The third kappa shape index (κ3) is 6.26. The van der Waals surface area contributed by atoms with E-state index in [4.69, 9.17) is 4.74 Å². The molecule has 9 heteroatoms. The normalized spacial score (nSPS) is 24.1. The number of nitrogens with zero attached hydrogens (tertiary/aromatic N) is 2. The molecule has 2 heterocycles. The molecule has 1 spiro atoms. The fourth-order valence-corrected chi connectivity index (χ4v) is 5.91. The highest BCUT2D eigenvalue weighted by Gasteiger charge is 2.39. The van der Waals surface area contributed by atoms with Gasteiger partial charge in [0.1, 0.15) is 10.6 Å². The number of piperidine rings is 1. The van der Waals surface area contributed by atoms with Crippen LogP contribution in [-0.2, 0) is 14.8 Å². The molecule has 0 radical (unpaired) electrons. The Kier molecular flexibility index (Phi) is 8.09. The maximum absolute atomic E-state index is 13.0. The molecule has 1 aromatic carbocycles. The Labute approximate surface area is 198 Å². The predicted molar refractivity (Wildman–Crippen MR) is 128 cm³/mol. The van der Waals surface area contributed by atoms with E-state index in [0.717, 1.165) is 18.4 Å². The minimum Gasteiger partial charge on any atom is -0.492 e. The Balaban J connectivity index is 1.94. The van der Waals surface area contributed by atoms with Gasteiger partial charge in [-0.05, 0) is 43.5 Å². The monoisotopic (exact) mass is 481 g/mol. The van der Waals surface area contributed by atoms with E-state index in [2.05, 4.69) is 18.6 Å². The van der Waals surface area contributed by atoms with Gasteiger partial charge in [0.25, 0.3) is 0 Å². The van der Waals surface area contributed by atoms with Crippen molar-refractivity contribution in [1.29, 1.82) is 0 Å². The maximum atomic E-state index is 13.0. The number of amides is 1. The Morgan fingerprint density at radius 1 is 1.21 bits per heavy atom. The number of likely N-dealkylation sites (tertiary alicyclic amines) is 1. The third-order valence-electron chi connectivity index (χ3n) is 6.72. The Hall–Kier alpha value is -1.68. The highest BCUT2D eigenvalue weighted by atomic mass is 32.2. The number of nitrogens with one attached hydrogen (secondary N) is 1. The van der Waals surface area contributed by atoms with E-state index >= 15 is 0 Å². The van der Waals surface area contributed by atoms with Gasteiger partial charge < -0.3 is 19.6 Å². The number of carbonyl (C=O) groups is 1. The van der Waals surface area contributed by atoms with Crippen molar-refractivity contribution in [2.45, 2.75) is 57.5 Å². The van der Waals surface area contributed by atoms with Crippen LogP contribution in [0.5, 0.6) is 5.75 Å². The summed E-state index contributed by atoms with van der Waals surface area (Å²) in [5.74, 6) is 0.685. The number of sulfonamides is 1. The van der Waals surface area contributed by atoms with Crippen molar-refractivity contribution in [3.05, 3.63) is 23.8 Å². The van der Waals surface area contributed by atoms with E-state index < -0.39 is 16.1 Å². The molecule has 1 atom stereocenters. The summed E-state index contributed by atoms with van der Waals surface area (Å²) in [6.45, 7) is 10.6. The molecule has 2 aliphatic heterocycles. The third-order valence-corrected chi connectivity index (χ3v) is 8.19. The van der Waals surface area contributed by atoms with Crippen molar-refractivity contribution < 1.29 is 23.1 Å². The summed E-state index contributed by atoms with van der Waals surface area (Å²) in [5, 5.41) is 10.5. The molecule has 2 N–H and O–H groups in total. The van der Waals surface area contributed by atoms with E-state index in [-0.39, 0.29) is 34.6 Å². The molecule has 0 bridgehead atoms. The Morgan fingerprint density at radius 3 is 2.48 bits per heavy atom. The first kappa shape index (κ1) is 25.9. The summed E-state index contributed by atoms with van der Waals surface area (Å²) >= 11 is 0. The lowest BCUT2D eigenvalue weighted by atomic mass is 9.78. The number of likely N-dealkylation sites (N-methyl/N-ethyl adjacent to an activating group) is 1. The van der Waals surface area contributed by atoms with E-state index in [1.54, 1.807) is 6.07 Å². The molecule has 0 aliphatic carbocycles. The molecule has 0 aromatic heterocycles. The number of carbonyl (C=O) groups excluding carboxylic acids is 1. The number of aliphatic hydroxyl groups is 1. The SMILES string of the molecule is CC(C)C(=O)N1CCC2(CC1)COc1cc(C(C)C)ccc1S(=O)(=O)NCC(O)CN(C)C2. The molecule has 1 saturated heterocycles. The lowest BCUT2D eigenvalue weighted by Gasteiger charge is -2.44. The highest BCUT2D eigenvalue weighted by Crippen LogP contribution is 2.36. The van der Waals surface area contributed by atoms with Gasteiger partial charge >= 0.3 is 0 Å². The first-order valence-corrected chi connectivity index (χ1v) is 13.3. The molecule has 3 rings (SSSR count). The molecule has 8 nitrogen and oxygen atoms in total. The standard InChI is InChI=1S/C24H39N3O5S/c1-17(2)19-6-7-22-21(12-19)32-16-24(8-10-27(11-9-24)23(29)18(3)4)15-26(5)14-20(28)13-25-33(22,30)31/h6-7,12,17-18,20,25,28H,8-11,13-16H2,1-5H3. The van der Waals surface area contributed by atoms with Gasteiger partial charge in [0.05, 0.1) is 12.7 Å². The minimum atomic E-state index is -3.84. The zero-order valence-corrected chi connectivity index (χ0v) is 21.3. The smallest absolute Gasteiger partial charge is 0.244 e. The second kappa shape index (κ2) is 10.3. The zero-order chi connectivity index (χ0) is 24.4. The first-order chi connectivity index (χ1) is 15.4. The number of aliphatic hydroxyl groups excluding tert-OH is 1. The molecule has 0 saturated carbocycles. The molecular formula is C24H39N3O5S. The fourth-order valence-electron chi connectivity index (χ4n) is 4.71. The van der Waals surface area contributed by atoms with Crippen LogP contribution >= 0.6 is 0 Å². The van der Waals surface area contributed by atoms with Crippen molar-refractivity contribution in [1.82, 2.24) is 14.5 Å². The van der Waals surface area contributed by atoms with Crippen LogP contribution in [-0.4, -0.2) is 81.7 Å². The second-order valence-electron chi connectivity index (χ2n) is 10.3. The van der Waals surface area contributed by atoms with Crippen molar-refractivity contribution in [2.24, 2.45) is 11.3 Å². The molecule has 186 valence electrons. The van der Waals surface area contributed by atoms with Gasteiger partial charge in [-0.3, -0.25) is 4.79 Å². The largest absolute Gasteiger partial charge is 0.492 e. The number of hydrogen-bond donors (Lipinski definition) is 2. The summed E-state index contributed by atoms with van der Waals surface area (Å²) in [7, 11) is -1.91. The highest BCUT2D eigenvalue weighted by molar-refractivity contribution is 7.89. The Bertz CT molecular complexity index is 939. The van der Waals surface area contributed by atoms with Gasteiger partial charge in [-0.25, -0.2) is 13.1 Å². The topological polar surface area (TPSA) is 99.2 Å². The van der Waals surface area contributed by atoms with Crippen LogP contribution < -0.4 is 9.46 Å². The van der Waals surface area contributed by atoms with Crippen molar-refractivity contribution in [3.63, 3.8) is 0 Å². The Morgan fingerprint density at radius 2 is 1.88 bits per heavy atom. The average Bonchev–Trinajstić information content (AvgIpc) is 2.75. The lowest BCUT2D eigenvalue weighted by molar-refractivity contribution is -0.137. The lowest BCUT2D eigenvalue weighted by Crippen LogP contribution is -2.52. The molecular weight excluding hydrogens is 442 g/mol. The van der Waals surface area contributed by atoms with Crippen molar-refractivity contribution >= 4 is 15.9 Å². The summed E-state index contributed by atoms with van der Waals surface area (Å²) in [4.78, 5) is 16.5. The van der Waals surface area contributed by atoms with Crippen molar-refractivity contribution in [2.75, 3.05) is 46.4 Å². The van der Waals surface area contributed by atoms with Gasteiger partial charge in [-0.1, -0.05) is 33.8 Å². The molecule has 1 aromatic rings. The molecule has 1 unspecified atom stereocenters. The zero-order valence-electron chi connectivity index (χ0n) is 20.5. The van der Waals surface area contributed by atoms with Crippen LogP contribution in [0.1, 0.15) is 52.0 Å². The molecule has 1 fully saturated rings. The van der Waals surface area contributed by atoms with Crippen LogP contribution in [0.4, 0.5) is 0 Å². The second-order valence-corrected chi connectivity index (χ2v) is 12.1. The van der Waals surface area contributed by atoms with Gasteiger partial charge in [-0.2, -0.15) is 0 Å². The van der Waals surface area contributed by atoms with E-state index in [9.17, 15) is 18.3 Å². The van der Waals surface area contributed by atoms with Crippen LogP contribution in [0.3, 0.4) is 0 Å². The van der Waals surface area contributed by atoms with Crippen LogP contribution in [0, 0.1) is 11.3 Å². The van der Waals surface area contributed by atoms with E-state index in [1.807, 2.05) is 42.8 Å². The van der Waals surface area contributed by atoms with E-state index in [0.29, 0.717) is 38.5 Å². The fraction of sp³-hybridized carbons (Fsp3) is 0.708. The number of rotatable bonds is 2. The number of β-amino-alcohol motifs (C(OH)–C–C–N with tert-alkyl or cyclic N) is 1. The number of benzene rings is 1. The molecule has 2 aliphatic rings. The minimum absolute atomic E-state index is 0.0385.